The third kappa shape index (κ3) is 2.50. The van der Waals surface area contributed by atoms with Crippen molar-refractivity contribution in [2.45, 2.75) is 13.0 Å². The summed E-state index contributed by atoms with van der Waals surface area (Å²) in [4.78, 5) is 12.0. The van der Waals surface area contributed by atoms with Crippen molar-refractivity contribution in [1.29, 1.82) is 0 Å². The number of carbonyl (C=O) groups is 1. The summed E-state index contributed by atoms with van der Waals surface area (Å²) in [6.45, 7) is 3.23. The fourth-order valence-electron chi connectivity index (χ4n) is 1.61. The number of rotatable bonds is 3. The zero-order valence-corrected chi connectivity index (χ0v) is 9.73. The molecule has 1 aliphatic heterocycles. The van der Waals surface area contributed by atoms with Crippen LogP contribution >= 0.6 is 0 Å². The standard InChI is InChI=1S/C12H16N2O3/c1-8(7-13)14-12(15)9-3-2-4-10-11(9)17-6-5-16-10/h2-4,8H,5-7,13H2,1H3,(H,14,15)/t8-/m0/s1. The van der Waals surface area contributed by atoms with E-state index in [1.165, 1.54) is 0 Å². The van der Waals surface area contributed by atoms with E-state index in [0.717, 1.165) is 0 Å². The van der Waals surface area contributed by atoms with Gasteiger partial charge in [0.1, 0.15) is 13.2 Å². The molecule has 3 N–H and O–H groups in total. The van der Waals surface area contributed by atoms with Crippen LogP contribution < -0.4 is 20.5 Å². The number of hydrogen-bond acceptors (Lipinski definition) is 4. The molecule has 0 aliphatic carbocycles. The van der Waals surface area contributed by atoms with E-state index in [1.54, 1.807) is 18.2 Å². The maximum absolute atomic E-state index is 12.0. The van der Waals surface area contributed by atoms with Crippen LogP contribution in [0.25, 0.3) is 0 Å². The first kappa shape index (κ1) is 11.7. The maximum Gasteiger partial charge on any atom is 0.255 e. The summed E-state index contributed by atoms with van der Waals surface area (Å²) in [7, 11) is 0. The van der Waals surface area contributed by atoms with Gasteiger partial charge >= 0.3 is 0 Å². The summed E-state index contributed by atoms with van der Waals surface area (Å²) < 4.78 is 10.9. The Kier molecular flexibility index (Phi) is 3.49. The van der Waals surface area contributed by atoms with Crippen molar-refractivity contribution in [3.05, 3.63) is 23.8 Å². The number of ether oxygens (including phenoxy) is 2. The smallest absolute Gasteiger partial charge is 0.255 e. The molecule has 0 fully saturated rings. The third-order valence-corrected chi connectivity index (χ3v) is 2.54. The van der Waals surface area contributed by atoms with Crippen LogP contribution in [-0.2, 0) is 0 Å². The van der Waals surface area contributed by atoms with Crippen molar-refractivity contribution in [2.24, 2.45) is 5.73 Å². The minimum atomic E-state index is -0.190. The largest absolute Gasteiger partial charge is 0.486 e. The Bertz CT molecular complexity index is 420. The van der Waals surface area contributed by atoms with Gasteiger partial charge in [0, 0.05) is 12.6 Å². The van der Waals surface area contributed by atoms with E-state index in [4.69, 9.17) is 15.2 Å². The molecule has 1 atom stereocenters. The predicted octanol–water partition coefficient (Wildman–Crippen LogP) is 0.535. The quantitative estimate of drug-likeness (QED) is 0.803. The van der Waals surface area contributed by atoms with Crippen molar-refractivity contribution in [3.8, 4) is 11.5 Å². The number of nitrogens with two attached hydrogens (primary N) is 1. The lowest BCUT2D eigenvalue weighted by Crippen LogP contribution is -2.38. The molecular weight excluding hydrogens is 220 g/mol. The molecule has 1 aliphatic rings. The van der Waals surface area contributed by atoms with Gasteiger partial charge in [-0.15, -0.1) is 0 Å². The Morgan fingerprint density at radius 1 is 1.47 bits per heavy atom. The van der Waals surface area contributed by atoms with Crippen molar-refractivity contribution >= 4 is 5.91 Å². The first-order valence-corrected chi connectivity index (χ1v) is 5.62. The van der Waals surface area contributed by atoms with E-state index in [-0.39, 0.29) is 11.9 Å². The fourth-order valence-corrected chi connectivity index (χ4v) is 1.61. The number of para-hydroxylation sites is 1. The molecule has 5 heteroatoms. The fraction of sp³-hybridized carbons (Fsp3) is 0.417. The highest BCUT2D eigenvalue weighted by Crippen LogP contribution is 2.33. The van der Waals surface area contributed by atoms with Gasteiger partial charge in [-0.3, -0.25) is 4.79 Å². The zero-order valence-electron chi connectivity index (χ0n) is 9.73. The minimum Gasteiger partial charge on any atom is -0.486 e. The van der Waals surface area contributed by atoms with Gasteiger partial charge in [0.25, 0.3) is 5.91 Å². The first-order chi connectivity index (χ1) is 8.22. The van der Waals surface area contributed by atoms with Gasteiger partial charge in [-0.1, -0.05) is 6.07 Å². The predicted molar refractivity (Wildman–Crippen MR) is 63.4 cm³/mol. The molecule has 0 unspecified atom stereocenters. The number of amides is 1. The van der Waals surface area contributed by atoms with Gasteiger partial charge in [-0.25, -0.2) is 0 Å². The number of nitrogens with one attached hydrogen (secondary N) is 1. The van der Waals surface area contributed by atoms with Crippen LogP contribution in [0.15, 0.2) is 18.2 Å². The Morgan fingerprint density at radius 3 is 3.00 bits per heavy atom. The summed E-state index contributed by atoms with van der Waals surface area (Å²) >= 11 is 0. The molecule has 1 aromatic carbocycles. The minimum absolute atomic E-state index is 0.0668. The number of carbonyl (C=O) groups excluding carboxylic acids is 1. The highest BCUT2D eigenvalue weighted by Gasteiger charge is 2.20. The third-order valence-electron chi connectivity index (χ3n) is 2.54. The molecule has 0 saturated heterocycles. The van der Waals surface area contributed by atoms with E-state index in [0.29, 0.717) is 36.8 Å². The second-order valence-electron chi connectivity index (χ2n) is 3.94. The molecule has 1 heterocycles. The van der Waals surface area contributed by atoms with Gasteiger partial charge in [0.15, 0.2) is 11.5 Å². The number of fused-ring (bicyclic) bond motifs is 1. The first-order valence-electron chi connectivity index (χ1n) is 5.62. The Balaban J connectivity index is 2.23. The normalized spacial score (nSPS) is 15.2. The van der Waals surface area contributed by atoms with Crippen molar-refractivity contribution < 1.29 is 14.3 Å². The lowest BCUT2D eigenvalue weighted by Gasteiger charge is -2.21. The van der Waals surface area contributed by atoms with E-state index >= 15 is 0 Å². The van der Waals surface area contributed by atoms with E-state index in [9.17, 15) is 4.79 Å². The Hall–Kier alpha value is -1.75. The van der Waals surface area contributed by atoms with Crippen LogP contribution in [0.2, 0.25) is 0 Å². The molecule has 0 saturated carbocycles. The summed E-state index contributed by atoms with van der Waals surface area (Å²) in [6, 6.07) is 5.21. The molecule has 5 nitrogen and oxygen atoms in total. The van der Waals surface area contributed by atoms with Crippen molar-refractivity contribution in [2.75, 3.05) is 19.8 Å². The van der Waals surface area contributed by atoms with Gasteiger partial charge in [0.2, 0.25) is 0 Å². The molecule has 0 aromatic heterocycles. The van der Waals surface area contributed by atoms with Crippen LogP contribution in [0.3, 0.4) is 0 Å². The second kappa shape index (κ2) is 5.05. The van der Waals surface area contributed by atoms with Gasteiger partial charge in [-0.2, -0.15) is 0 Å². The number of benzene rings is 1. The number of hydrogen-bond donors (Lipinski definition) is 2. The molecule has 2 rings (SSSR count). The average Bonchev–Trinajstić information content (AvgIpc) is 2.37. The lowest BCUT2D eigenvalue weighted by molar-refractivity contribution is 0.0930. The van der Waals surface area contributed by atoms with Gasteiger partial charge in [0.05, 0.1) is 5.56 Å². The zero-order chi connectivity index (χ0) is 12.3. The molecule has 92 valence electrons. The van der Waals surface area contributed by atoms with E-state index in [2.05, 4.69) is 5.32 Å². The van der Waals surface area contributed by atoms with Crippen LogP contribution in [0.1, 0.15) is 17.3 Å². The van der Waals surface area contributed by atoms with Gasteiger partial charge < -0.3 is 20.5 Å². The van der Waals surface area contributed by atoms with Gasteiger partial charge in [-0.05, 0) is 19.1 Å². The molecule has 0 spiro atoms. The highest BCUT2D eigenvalue weighted by atomic mass is 16.6. The summed E-state index contributed by atoms with van der Waals surface area (Å²) in [6.07, 6.45) is 0. The lowest BCUT2D eigenvalue weighted by atomic mass is 10.1. The summed E-state index contributed by atoms with van der Waals surface area (Å²) in [5.41, 5.74) is 5.95. The van der Waals surface area contributed by atoms with Crippen LogP contribution in [-0.4, -0.2) is 31.7 Å². The second-order valence-corrected chi connectivity index (χ2v) is 3.94. The topological polar surface area (TPSA) is 73.6 Å². The van der Waals surface area contributed by atoms with E-state index in [1.807, 2.05) is 6.92 Å². The SMILES string of the molecule is C[C@@H](CN)NC(=O)c1cccc2c1OCCO2. The monoisotopic (exact) mass is 236 g/mol. The Labute approximate surface area is 99.9 Å². The molecule has 1 aromatic rings. The highest BCUT2D eigenvalue weighted by molar-refractivity contribution is 5.98. The summed E-state index contributed by atoms with van der Waals surface area (Å²) in [5.74, 6) is 0.940. The summed E-state index contributed by atoms with van der Waals surface area (Å²) in [5, 5.41) is 2.80. The Morgan fingerprint density at radius 2 is 2.24 bits per heavy atom. The van der Waals surface area contributed by atoms with E-state index < -0.39 is 0 Å². The molecule has 17 heavy (non-hydrogen) atoms. The van der Waals surface area contributed by atoms with Crippen LogP contribution in [0.4, 0.5) is 0 Å². The molecular formula is C12H16N2O3. The van der Waals surface area contributed by atoms with Crippen molar-refractivity contribution in [1.82, 2.24) is 5.32 Å². The van der Waals surface area contributed by atoms with Crippen LogP contribution in [0, 0.1) is 0 Å². The van der Waals surface area contributed by atoms with Crippen LogP contribution in [0.5, 0.6) is 11.5 Å². The average molecular weight is 236 g/mol. The molecule has 0 bridgehead atoms. The van der Waals surface area contributed by atoms with Crippen molar-refractivity contribution in [3.63, 3.8) is 0 Å². The maximum atomic E-state index is 12.0. The molecule has 1 amide bonds. The molecule has 0 radical (unpaired) electrons.